The van der Waals surface area contributed by atoms with Crippen LogP contribution in [0.2, 0.25) is 0 Å². The molecule has 1 amide bonds. The van der Waals surface area contributed by atoms with Crippen LogP contribution in [0.5, 0.6) is 0 Å². The van der Waals surface area contributed by atoms with Crippen LogP contribution in [0.1, 0.15) is 26.8 Å². The molecular weight excluding hydrogens is 290 g/mol. The maximum atomic E-state index is 12.6. The lowest BCUT2D eigenvalue weighted by molar-refractivity contribution is 0.0996. The second kappa shape index (κ2) is 4.85. The molecule has 3 aromatic rings. The molecule has 3 heterocycles. The fraction of sp³-hybridized carbons (Fsp3) is 0.214. The molecule has 0 bridgehead atoms. The van der Waals surface area contributed by atoms with E-state index in [-0.39, 0.29) is 17.0 Å². The molecule has 0 unspecified atom stereocenters. The van der Waals surface area contributed by atoms with Crippen molar-refractivity contribution in [2.75, 3.05) is 5.32 Å². The highest BCUT2D eigenvalue weighted by atomic mass is 32.1. The van der Waals surface area contributed by atoms with Gasteiger partial charge in [-0.25, -0.2) is 4.98 Å². The molecule has 0 saturated carbocycles. The third-order valence-corrected chi connectivity index (χ3v) is 4.36. The van der Waals surface area contributed by atoms with Gasteiger partial charge in [0.25, 0.3) is 11.5 Å². The van der Waals surface area contributed by atoms with Gasteiger partial charge in [0.05, 0.1) is 12.0 Å². The van der Waals surface area contributed by atoms with Crippen molar-refractivity contribution in [3.05, 3.63) is 50.8 Å². The minimum Gasteiger partial charge on any atom is -0.459 e. The van der Waals surface area contributed by atoms with Crippen molar-refractivity contribution in [1.82, 2.24) is 9.38 Å². The van der Waals surface area contributed by atoms with E-state index >= 15 is 0 Å². The molecule has 7 heteroatoms. The Kier molecular flexibility index (Phi) is 3.13. The van der Waals surface area contributed by atoms with Crippen molar-refractivity contribution in [1.29, 1.82) is 0 Å². The summed E-state index contributed by atoms with van der Waals surface area (Å²) in [5.74, 6) is -0.316. The summed E-state index contributed by atoms with van der Waals surface area (Å²) in [5.41, 5.74) is 1.22. The Balaban J connectivity index is 2.12. The zero-order valence-corrected chi connectivity index (χ0v) is 12.6. The third-order valence-electron chi connectivity index (χ3n) is 3.31. The smallest absolute Gasteiger partial charge is 0.291 e. The molecule has 108 valence electrons. The first kappa shape index (κ1) is 13.6. The second-order valence-corrected chi connectivity index (χ2v) is 5.85. The number of hydrogen-bond acceptors (Lipinski definition) is 5. The van der Waals surface area contributed by atoms with E-state index in [1.165, 1.54) is 28.1 Å². The van der Waals surface area contributed by atoms with Crippen LogP contribution in [0.15, 0.2) is 27.6 Å². The second-order valence-electron chi connectivity index (χ2n) is 4.67. The average molecular weight is 303 g/mol. The number of nitrogens with one attached hydrogen (secondary N) is 1. The van der Waals surface area contributed by atoms with E-state index in [4.69, 9.17) is 4.42 Å². The first-order valence-corrected chi connectivity index (χ1v) is 7.15. The van der Waals surface area contributed by atoms with Gasteiger partial charge in [-0.1, -0.05) is 0 Å². The van der Waals surface area contributed by atoms with Gasteiger partial charge in [0.2, 0.25) is 0 Å². The molecule has 1 N–H and O–H groups in total. The van der Waals surface area contributed by atoms with Crippen LogP contribution < -0.4 is 10.9 Å². The number of aryl methyl sites for hydroxylation is 3. The Morgan fingerprint density at radius 1 is 1.38 bits per heavy atom. The predicted octanol–water partition coefficient (Wildman–Crippen LogP) is 2.53. The average Bonchev–Trinajstić information content (AvgIpc) is 3.04. The molecule has 0 aliphatic carbocycles. The van der Waals surface area contributed by atoms with Crippen molar-refractivity contribution in [3.8, 4) is 0 Å². The van der Waals surface area contributed by atoms with E-state index < -0.39 is 5.91 Å². The fourth-order valence-electron chi connectivity index (χ4n) is 2.06. The normalized spacial score (nSPS) is 11.0. The lowest BCUT2D eigenvalue weighted by Gasteiger charge is -2.07. The maximum absolute atomic E-state index is 12.6. The lowest BCUT2D eigenvalue weighted by atomic mass is 10.3. The molecule has 3 rings (SSSR count). The summed E-state index contributed by atoms with van der Waals surface area (Å²) in [5, 5.41) is 2.59. The number of carbonyl (C=O) groups is 1. The summed E-state index contributed by atoms with van der Waals surface area (Å²) >= 11 is 1.45. The first-order valence-electron chi connectivity index (χ1n) is 6.33. The van der Waals surface area contributed by atoms with Gasteiger partial charge in [-0.15, -0.1) is 11.3 Å². The van der Waals surface area contributed by atoms with Crippen LogP contribution in [0, 0.1) is 20.8 Å². The molecule has 0 aromatic carbocycles. The van der Waals surface area contributed by atoms with E-state index in [2.05, 4.69) is 10.3 Å². The van der Waals surface area contributed by atoms with Gasteiger partial charge < -0.3 is 9.73 Å². The summed E-state index contributed by atoms with van der Waals surface area (Å²) < 4.78 is 6.54. The molecule has 3 aromatic heterocycles. The number of carbonyl (C=O) groups excluding carboxylic acids is 1. The van der Waals surface area contributed by atoms with Crippen molar-refractivity contribution in [2.45, 2.75) is 20.8 Å². The third kappa shape index (κ3) is 2.15. The van der Waals surface area contributed by atoms with Crippen molar-refractivity contribution >= 4 is 27.9 Å². The fourth-order valence-corrected chi connectivity index (χ4v) is 3.07. The highest BCUT2D eigenvalue weighted by Gasteiger charge is 2.18. The summed E-state index contributed by atoms with van der Waals surface area (Å²) in [7, 11) is 0. The number of furan rings is 1. The Morgan fingerprint density at radius 2 is 2.14 bits per heavy atom. The van der Waals surface area contributed by atoms with E-state index in [1.54, 1.807) is 13.0 Å². The van der Waals surface area contributed by atoms with Gasteiger partial charge in [0.15, 0.2) is 10.7 Å². The Morgan fingerprint density at radius 3 is 2.81 bits per heavy atom. The molecule has 0 fully saturated rings. The minimum absolute atomic E-state index is 0.150. The first-order chi connectivity index (χ1) is 9.99. The van der Waals surface area contributed by atoms with Crippen LogP contribution >= 0.6 is 11.3 Å². The number of hydrogen-bond donors (Lipinski definition) is 1. The number of amides is 1. The SMILES string of the molecule is Cc1nc2sc(C)c(C)n2c(=O)c1NC(=O)c1ccco1. The standard InChI is InChI=1S/C14H13N3O3S/c1-7-11(16-12(18)10-5-4-6-20-10)13(19)17-8(2)9(3)21-14(17)15-7/h4-6H,1-3H3,(H,16,18). The lowest BCUT2D eigenvalue weighted by Crippen LogP contribution is -2.24. The number of fused-ring (bicyclic) bond motifs is 1. The van der Waals surface area contributed by atoms with Crippen LogP contribution in [-0.4, -0.2) is 15.3 Å². The van der Waals surface area contributed by atoms with Crippen LogP contribution in [-0.2, 0) is 0 Å². The van der Waals surface area contributed by atoms with Gasteiger partial charge in [-0.2, -0.15) is 0 Å². The molecule has 0 atom stereocenters. The molecule has 0 saturated heterocycles. The van der Waals surface area contributed by atoms with Gasteiger partial charge in [-0.05, 0) is 32.9 Å². The maximum Gasteiger partial charge on any atom is 0.291 e. The number of aromatic nitrogens is 2. The molecular formula is C14H13N3O3S. The van der Waals surface area contributed by atoms with Crippen molar-refractivity contribution < 1.29 is 9.21 Å². The van der Waals surface area contributed by atoms with E-state index in [0.717, 1.165) is 10.6 Å². The molecule has 0 aliphatic heterocycles. The van der Waals surface area contributed by atoms with E-state index in [0.29, 0.717) is 10.7 Å². The zero-order chi connectivity index (χ0) is 15.1. The number of anilines is 1. The predicted molar refractivity (Wildman–Crippen MR) is 80.2 cm³/mol. The van der Waals surface area contributed by atoms with Crippen LogP contribution in [0.3, 0.4) is 0 Å². The molecule has 0 aliphatic rings. The van der Waals surface area contributed by atoms with Crippen molar-refractivity contribution in [3.63, 3.8) is 0 Å². The van der Waals surface area contributed by atoms with Gasteiger partial charge in [0.1, 0.15) is 5.69 Å². The zero-order valence-electron chi connectivity index (χ0n) is 11.8. The quantitative estimate of drug-likeness (QED) is 0.789. The number of rotatable bonds is 2. The molecule has 6 nitrogen and oxygen atoms in total. The summed E-state index contributed by atoms with van der Waals surface area (Å²) in [6.45, 7) is 5.49. The Labute approximate surface area is 124 Å². The van der Waals surface area contributed by atoms with Crippen LogP contribution in [0.25, 0.3) is 4.96 Å². The van der Waals surface area contributed by atoms with Crippen molar-refractivity contribution in [2.24, 2.45) is 0 Å². The van der Waals surface area contributed by atoms with Crippen LogP contribution in [0.4, 0.5) is 5.69 Å². The minimum atomic E-state index is -0.466. The van der Waals surface area contributed by atoms with E-state index in [1.807, 2.05) is 13.8 Å². The highest BCUT2D eigenvalue weighted by Crippen LogP contribution is 2.21. The van der Waals surface area contributed by atoms with E-state index in [9.17, 15) is 9.59 Å². The monoisotopic (exact) mass is 303 g/mol. The summed E-state index contributed by atoms with van der Waals surface area (Å²) in [6, 6.07) is 3.15. The number of thiazole rings is 1. The summed E-state index contributed by atoms with van der Waals surface area (Å²) in [4.78, 5) is 30.6. The molecule has 0 spiro atoms. The largest absolute Gasteiger partial charge is 0.459 e. The molecule has 21 heavy (non-hydrogen) atoms. The topological polar surface area (TPSA) is 76.6 Å². The van der Waals surface area contributed by atoms with Gasteiger partial charge in [-0.3, -0.25) is 14.0 Å². The highest BCUT2D eigenvalue weighted by molar-refractivity contribution is 7.17. The molecule has 0 radical (unpaired) electrons. The Bertz CT molecular complexity index is 890. The van der Waals surface area contributed by atoms with Gasteiger partial charge >= 0.3 is 0 Å². The Hall–Kier alpha value is -2.41. The number of nitrogens with zero attached hydrogens (tertiary/aromatic N) is 2. The van der Waals surface area contributed by atoms with Gasteiger partial charge in [0, 0.05) is 10.6 Å². The summed E-state index contributed by atoms with van der Waals surface area (Å²) in [6.07, 6.45) is 1.41.